The maximum atomic E-state index is 11.7. The molecule has 0 saturated heterocycles. The fraction of sp³-hybridized carbons (Fsp3) is 0.455. The Hall–Kier alpha value is -1.78. The fourth-order valence-corrected chi connectivity index (χ4v) is 1.33. The van der Waals surface area contributed by atoms with Gasteiger partial charge in [-0.05, 0) is 19.4 Å². The molecule has 0 saturated carbocycles. The number of carboxylic acids is 1. The summed E-state index contributed by atoms with van der Waals surface area (Å²) in [5.74, 6) is -1.25. The molecule has 88 valence electrons. The third-order valence-electron chi connectivity index (χ3n) is 2.52. The van der Waals surface area contributed by atoms with Gasteiger partial charge in [0.25, 0.3) is 5.91 Å². The molecule has 5 nitrogen and oxygen atoms in total. The van der Waals surface area contributed by atoms with Crippen LogP contribution in [-0.4, -0.2) is 22.5 Å². The number of carbonyl (C=O) groups is 2. The topological polar surface area (TPSA) is 79.5 Å². The number of rotatable bonds is 5. The average molecular weight is 225 g/mol. The number of carbonyl (C=O) groups excluding carboxylic acids is 1. The molecule has 0 aliphatic heterocycles. The van der Waals surface area contributed by atoms with Gasteiger partial charge in [0.05, 0.1) is 18.2 Å². The van der Waals surface area contributed by atoms with Crippen molar-refractivity contribution in [3.8, 4) is 0 Å². The van der Waals surface area contributed by atoms with Crippen LogP contribution in [0, 0.1) is 0 Å². The average Bonchev–Trinajstić information content (AvgIpc) is 2.69. The Morgan fingerprint density at radius 2 is 2.25 bits per heavy atom. The van der Waals surface area contributed by atoms with E-state index in [0.717, 1.165) is 0 Å². The second-order valence-electron chi connectivity index (χ2n) is 3.95. The van der Waals surface area contributed by atoms with Crippen LogP contribution in [0.5, 0.6) is 0 Å². The highest BCUT2D eigenvalue weighted by atomic mass is 16.4. The van der Waals surface area contributed by atoms with Gasteiger partial charge in [0.2, 0.25) is 0 Å². The Labute approximate surface area is 93.4 Å². The molecule has 2 N–H and O–H groups in total. The maximum absolute atomic E-state index is 11.7. The van der Waals surface area contributed by atoms with Gasteiger partial charge in [0, 0.05) is 5.54 Å². The van der Waals surface area contributed by atoms with Gasteiger partial charge in [0.15, 0.2) is 0 Å². The molecule has 0 aliphatic carbocycles. The monoisotopic (exact) mass is 225 g/mol. The van der Waals surface area contributed by atoms with Crippen LogP contribution >= 0.6 is 0 Å². The molecule has 1 atom stereocenters. The number of furan rings is 1. The molecular formula is C11H15NO4. The zero-order valence-corrected chi connectivity index (χ0v) is 9.32. The predicted octanol–water partition coefficient (Wildman–Crippen LogP) is 1.65. The van der Waals surface area contributed by atoms with E-state index >= 15 is 0 Å². The summed E-state index contributed by atoms with van der Waals surface area (Å²) in [5.41, 5.74) is -0.342. The molecule has 0 radical (unpaired) electrons. The van der Waals surface area contributed by atoms with Crippen LogP contribution in [0.1, 0.15) is 37.0 Å². The Balaban J connectivity index is 2.70. The van der Waals surface area contributed by atoms with E-state index in [2.05, 4.69) is 5.32 Å². The van der Waals surface area contributed by atoms with Gasteiger partial charge in [0.1, 0.15) is 6.26 Å². The van der Waals surface area contributed by atoms with Crippen molar-refractivity contribution < 1.29 is 19.1 Å². The lowest BCUT2D eigenvalue weighted by Crippen LogP contribution is -2.46. The molecule has 0 aromatic carbocycles. The Morgan fingerprint density at radius 1 is 1.56 bits per heavy atom. The van der Waals surface area contributed by atoms with Crippen molar-refractivity contribution in [2.45, 2.75) is 32.2 Å². The van der Waals surface area contributed by atoms with Crippen molar-refractivity contribution in [3.05, 3.63) is 24.2 Å². The molecule has 16 heavy (non-hydrogen) atoms. The summed E-state index contributed by atoms with van der Waals surface area (Å²) in [4.78, 5) is 22.4. The first-order valence-electron chi connectivity index (χ1n) is 5.03. The SMILES string of the molecule is CC[C@@](C)(CC(=O)O)NC(=O)c1ccoc1. The van der Waals surface area contributed by atoms with E-state index in [-0.39, 0.29) is 12.3 Å². The van der Waals surface area contributed by atoms with Crippen LogP contribution in [0.15, 0.2) is 23.0 Å². The largest absolute Gasteiger partial charge is 0.481 e. The lowest BCUT2D eigenvalue weighted by Gasteiger charge is -2.27. The van der Waals surface area contributed by atoms with E-state index in [9.17, 15) is 9.59 Å². The molecule has 1 amide bonds. The fourth-order valence-electron chi connectivity index (χ4n) is 1.33. The minimum atomic E-state index is -0.933. The number of carboxylic acid groups (broad SMARTS) is 1. The van der Waals surface area contributed by atoms with Gasteiger partial charge in [-0.3, -0.25) is 9.59 Å². The standard InChI is InChI=1S/C11H15NO4/c1-3-11(2,6-9(13)14)12-10(15)8-4-5-16-7-8/h4-5,7H,3,6H2,1-2H3,(H,12,15)(H,13,14)/t11-/m0/s1. The highest BCUT2D eigenvalue weighted by Gasteiger charge is 2.28. The number of hydrogen-bond donors (Lipinski definition) is 2. The lowest BCUT2D eigenvalue weighted by atomic mass is 9.94. The van der Waals surface area contributed by atoms with Crippen molar-refractivity contribution in [2.75, 3.05) is 0 Å². The van der Waals surface area contributed by atoms with Gasteiger partial charge in [-0.15, -0.1) is 0 Å². The van der Waals surface area contributed by atoms with Gasteiger partial charge in [-0.1, -0.05) is 6.92 Å². The van der Waals surface area contributed by atoms with Crippen molar-refractivity contribution >= 4 is 11.9 Å². The number of amides is 1. The first-order chi connectivity index (χ1) is 7.47. The number of aliphatic carboxylic acids is 1. The minimum absolute atomic E-state index is 0.104. The summed E-state index contributed by atoms with van der Waals surface area (Å²) < 4.78 is 4.79. The quantitative estimate of drug-likeness (QED) is 0.798. The van der Waals surface area contributed by atoms with Crippen LogP contribution < -0.4 is 5.32 Å². The second kappa shape index (κ2) is 4.83. The predicted molar refractivity (Wildman–Crippen MR) is 57.1 cm³/mol. The highest BCUT2D eigenvalue weighted by Crippen LogP contribution is 2.15. The molecule has 0 bridgehead atoms. The first kappa shape index (κ1) is 12.3. The molecule has 0 spiro atoms. The molecule has 1 rings (SSSR count). The molecule has 5 heteroatoms. The highest BCUT2D eigenvalue weighted by molar-refractivity contribution is 5.94. The van der Waals surface area contributed by atoms with Gasteiger partial charge in [-0.25, -0.2) is 0 Å². The normalized spacial score (nSPS) is 14.1. The Morgan fingerprint density at radius 3 is 2.69 bits per heavy atom. The Bertz CT molecular complexity index is 371. The van der Waals surface area contributed by atoms with Crippen molar-refractivity contribution in [1.29, 1.82) is 0 Å². The molecule has 0 fully saturated rings. The maximum Gasteiger partial charge on any atom is 0.305 e. The third-order valence-corrected chi connectivity index (χ3v) is 2.52. The first-order valence-corrected chi connectivity index (χ1v) is 5.03. The van der Waals surface area contributed by atoms with Crippen LogP contribution in [0.2, 0.25) is 0 Å². The molecule has 0 aliphatic rings. The molecule has 1 heterocycles. The van der Waals surface area contributed by atoms with Gasteiger partial charge < -0.3 is 14.8 Å². The molecular weight excluding hydrogens is 210 g/mol. The Kier molecular flexibility index (Phi) is 3.71. The summed E-state index contributed by atoms with van der Waals surface area (Å²) in [5, 5.41) is 11.5. The van der Waals surface area contributed by atoms with Crippen LogP contribution in [0.4, 0.5) is 0 Å². The van der Waals surface area contributed by atoms with E-state index < -0.39 is 11.5 Å². The smallest absolute Gasteiger partial charge is 0.305 e. The van der Waals surface area contributed by atoms with E-state index in [1.54, 1.807) is 6.92 Å². The summed E-state index contributed by atoms with van der Waals surface area (Å²) in [6, 6.07) is 1.53. The molecule has 0 unspecified atom stereocenters. The molecule has 1 aromatic heterocycles. The molecule has 1 aromatic rings. The summed E-state index contributed by atoms with van der Waals surface area (Å²) >= 11 is 0. The van der Waals surface area contributed by atoms with Crippen molar-refractivity contribution in [1.82, 2.24) is 5.32 Å². The summed E-state index contributed by atoms with van der Waals surface area (Å²) in [6.45, 7) is 3.54. The van der Waals surface area contributed by atoms with Crippen LogP contribution in [0.25, 0.3) is 0 Å². The summed E-state index contributed by atoms with van der Waals surface area (Å²) in [6.07, 6.45) is 3.16. The van der Waals surface area contributed by atoms with Crippen molar-refractivity contribution in [2.24, 2.45) is 0 Å². The van der Waals surface area contributed by atoms with E-state index in [0.29, 0.717) is 12.0 Å². The van der Waals surface area contributed by atoms with Crippen LogP contribution in [-0.2, 0) is 4.79 Å². The zero-order chi connectivity index (χ0) is 12.2. The zero-order valence-electron chi connectivity index (χ0n) is 9.32. The van der Waals surface area contributed by atoms with E-state index in [4.69, 9.17) is 9.52 Å². The van der Waals surface area contributed by atoms with Crippen LogP contribution in [0.3, 0.4) is 0 Å². The minimum Gasteiger partial charge on any atom is -0.481 e. The number of hydrogen-bond acceptors (Lipinski definition) is 3. The van der Waals surface area contributed by atoms with E-state index in [1.165, 1.54) is 18.6 Å². The van der Waals surface area contributed by atoms with Crippen molar-refractivity contribution in [3.63, 3.8) is 0 Å². The second-order valence-corrected chi connectivity index (χ2v) is 3.95. The van der Waals surface area contributed by atoms with Gasteiger partial charge >= 0.3 is 5.97 Å². The van der Waals surface area contributed by atoms with E-state index in [1.807, 2.05) is 6.92 Å². The number of nitrogens with one attached hydrogen (secondary N) is 1. The lowest BCUT2D eigenvalue weighted by molar-refractivity contribution is -0.138. The summed E-state index contributed by atoms with van der Waals surface area (Å²) in [7, 11) is 0. The van der Waals surface area contributed by atoms with Gasteiger partial charge in [-0.2, -0.15) is 0 Å². The third kappa shape index (κ3) is 3.12.